The second kappa shape index (κ2) is 13.6. The van der Waals surface area contributed by atoms with Gasteiger partial charge in [0.2, 0.25) is 0 Å². The Bertz CT molecular complexity index is 467. The van der Waals surface area contributed by atoms with Crippen molar-refractivity contribution in [3.05, 3.63) is 25.3 Å². The van der Waals surface area contributed by atoms with Crippen molar-refractivity contribution in [2.75, 3.05) is 26.4 Å². The molecule has 0 bridgehead atoms. The van der Waals surface area contributed by atoms with E-state index in [1.165, 1.54) is 0 Å². The number of aliphatic hydroxyl groups excluding tert-OH is 2. The third-order valence-electron chi connectivity index (χ3n) is 2.58. The molecular weight excluding hydrogens is 352 g/mol. The highest BCUT2D eigenvalue weighted by molar-refractivity contribution is 5.81. The summed E-state index contributed by atoms with van der Waals surface area (Å²) in [4.78, 5) is 44.4. The maximum absolute atomic E-state index is 11.4. The molecule has 0 rings (SSSR count). The van der Waals surface area contributed by atoms with Crippen molar-refractivity contribution in [2.24, 2.45) is 0 Å². The number of hydrogen-bond acceptors (Lipinski definition) is 10. The van der Waals surface area contributed by atoms with Crippen LogP contribution in [0.1, 0.15) is 12.8 Å². The van der Waals surface area contributed by atoms with Crippen molar-refractivity contribution in [3.8, 4) is 0 Å². The molecule has 0 saturated heterocycles. The van der Waals surface area contributed by atoms with E-state index in [1.807, 2.05) is 0 Å². The quantitative estimate of drug-likeness (QED) is 0.235. The van der Waals surface area contributed by atoms with Crippen molar-refractivity contribution in [2.45, 2.75) is 25.0 Å². The van der Waals surface area contributed by atoms with Gasteiger partial charge in [0.1, 0.15) is 38.6 Å². The lowest BCUT2D eigenvalue weighted by Crippen LogP contribution is -2.26. The molecule has 0 aliphatic carbocycles. The van der Waals surface area contributed by atoms with E-state index in [0.717, 1.165) is 12.2 Å². The van der Waals surface area contributed by atoms with Crippen LogP contribution in [0.2, 0.25) is 0 Å². The second-order valence-electron chi connectivity index (χ2n) is 4.84. The third-order valence-corrected chi connectivity index (χ3v) is 2.58. The highest BCUT2D eigenvalue weighted by Crippen LogP contribution is 1.99. The molecule has 2 unspecified atom stereocenters. The van der Waals surface area contributed by atoms with E-state index in [9.17, 15) is 29.4 Å². The van der Waals surface area contributed by atoms with E-state index in [4.69, 9.17) is 9.47 Å². The molecular formula is C16H22O10. The van der Waals surface area contributed by atoms with Crippen LogP contribution in [0.15, 0.2) is 25.3 Å². The first kappa shape index (κ1) is 23.3. The van der Waals surface area contributed by atoms with Gasteiger partial charge in [-0.15, -0.1) is 0 Å². The average molecular weight is 374 g/mol. The largest absolute Gasteiger partial charge is 0.463 e. The summed E-state index contributed by atoms with van der Waals surface area (Å²) in [6, 6.07) is 0. The summed E-state index contributed by atoms with van der Waals surface area (Å²) in [5.74, 6) is -2.98. The SMILES string of the molecule is C=CC(=O)OCC(O)COC(=O)CCC(=O)OCC(O)COC(=O)C=C. The summed E-state index contributed by atoms with van der Waals surface area (Å²) in [6.45, 7) is 4.79. The maximum Gasteiger partial charge on any atom is 0.330 e. The minimum absolute atomic E-state index is 0.306. The minimum atomic E-state index is -1.21. The lowest BCUT2D eigenvalue weighted by atomic mass is 10.3. The predicted octanol–water partition coefficient (Wildman–Crippen LogP) is -0.967. The first-order valence-electron chi connectivity index (χ1n) is 7.54. The number of rotatable bonds is 13. The van der Waals surface area contributed by atoms with E-state index in [0.29, 0.717) is 0 Å². The van der Waals surface area contributed by atoms with Gasteiger partial charge in [-0.1, -0.05) is 13.2 Å². The molecule has 0 fully saturated rings. The number of hydrogen-bond donors (Lipinski definition) is 2. The molecule has 0 aromatic carbocycles. The van der Waals surface area contributed by atoms with Crippen LogP contribution in [0, 0.1) is 0 Å². The predicted molar refractivity (Wildman–Crippen MR) is 85.5 cm³/mol. The fourth-order valence-electron chi connectivity index (χ4n) is 1.30. The van der Waals surface area contributed by atoms with Crippen molar-refractivity contribution < 1.29 is 48.3 Å². The van der Waals surface area contributed by atoms with E-state index in [-0.39, 0.29) is 26.1 Å². The molecule has 0 spiro atoms. The van der Waals surface area contributed by atoms with E-state index in [1.54, 1.807) is 0 Å². The molecule has 0 aromatic rings. The number of esters is 4. The zero-order chi connectivity index (χ0) is 19.9. The van der Waals surface area contributed by atoms with Gasteiger partial charge in [-0.2, -0.15) is 0 Å². The van der Waals surface area contributed by atoms with Crippen LogP contribution in [-0.2, 0) is 38.1 Å². The Morgan fingerprint density at radius 3 is 1.31 bits per heavy atom. The Kier molecular flexibility index (Phi) is 12.1. The molecule has 0 heterocycles. The molecule has 2 N–H and O–H groups in total. The lowest BCUT2D eigenvalue weighted by molar-refractivity contribution is -0.156. The normalized spacial score (nSPS) is 12.2. The van der Waals surface area contributed by atoms with Crippen LogP contribution in [0.5, 0.6) is 0 Å². The number of aliphatic hydroxyl groups is 2. The molecule has 10 heteroatoms. The first-order chi connectivity index (χ1) is 12.3. The minimum Gasteiger partial charge on any atom is -0.463 e. The van der Waals surface area contributed by atoms with Gasteiger partial charge in [-0.25, -0.2) is 9.59 Å². The summed E-state index contributed by atoms with van der Waals surface area (Å²) < 4.78 is 18.5. The first-order valence-corrected chi connectivity index (χ1v) is 7.54. The van der Waals surface area contributed by atoms with Gasteiger partial charge >= 0.3 is 23.9 Å². The Balaban J connectivity index is 3.82. The van der Waals surface area contributed by atoms with Crippen LogP contribution >= 0.6 is 0 Å². The smallest absolute Gasteiger partial charge is 0.330 e. The zero-order valence-corrected chi connectivity index (χ0v) is 14.1. The molecule has 0 radical (unpaired) electrons. The highest BCUT2D eigenvalue weighted by atomic mass is 16.6. The van der Waals surface area contributed by atoms with E-state index >= 15 is 0 Å². The summed E-state index contributed by atoms with van der Waals surface area (Å²) in [5.41, 5.74) is 0. The molecule has 2 atom stereocenters. The Labute approximate surface area is 150 Å². The Morgan fingerprint density at radius 1 is 0.692 bits per heavy atom. The standard InChI is InChI=1S/C16H22O10/c1-3-13(19)23-7-11(17)9-25-15(21)5-6-16(22)26-10-12(18)8-24-14(20)4-2/h3-4,11-12,17-18H,1-2,5-10H2. The van der Waals surface area contributed by atoms with Crippen molar-refractivity contribution in [1.82, 2.24) is 0 Å². The maximum atomic E-state index is 11.4. The monoisotopic (exact) mass is 374 g/mol. The van der Waals surface area contributed by atoms with E-state index in [2.05, 4.69) is 22.6 Å². The summed E-state index contributed by atoms with van der Waals surface area (Å²) >= 11 is 0. The van der Waals surface area contributed by atoms with Gasteiger partial charge < -0.3 is 29.2 Å². The van der Waals surface area contributed by atoms with Crippen LogP contribution in [-0.4, -0.2) is 72.7 Å². The van der Waals surface area contributed by atoms with Crippen LogP contribution < -0.4 is 0 Å². The molecule has 0 aliphatic heterocycles. The van der Waals surface area contributed by atoms with Crippen molar-refractivity contribution >= 4 is 23.9 Å². The fourth-order valence-corrected chi connectivity index (χ4v) is 1.30. The lowest BCUT2D eigenvalue weighted by Gasteiger charge is -2.12. The highest BCUT2D eigenvalue weighted by Gasteiger charge is 2.14. The third kappa shape index (κ3) is 12.7. The van der Waals surface area contributed by atoms with Crippen LogP contribution in [0.4, 0.5) is 0 Å². The molecule has 26 heavy (non-hydrogen) atoms. The van der Waals surface area contributed by atoms with Gasteiger partial charge in [0.15, 0.2) is 0 Å². The number of carbonyl (C=O) groups is 4. The average Bonchev–Trinajstić information content (AvgIpc) is 2.64. The van der Waals surface area contributed by atoms with Crippen LogP contribution in [0.25, 0.3) is 0 Å². The Hall–Kier alpha value is -2.72. The molecule has 146 valence electrons. The molecule has 0 aromatic heterocycles. The number of carbonyl (C=O) groups excluding carboxylic acids is 4. The summed E-state index contributed by atoms with van der Waals surface area (Å²) in [7, 11) is 0. The van der Waals surface area contributed by atoms with Gasteiger partial charge in [0, 0.05) is 12.2 Å². The summed E-state index contributed by atoms with van der Waals surface area (Å²) in [6.07, 6.45) is -1.18. The van der Waals surface area contributed by atoms with Gasteiger partial charge in [-0.05, 0) is 0 Å². The summed E-state index contributed by atoms with van der Waals surface area (Å²) in [5, 5.41) is 18.8. The van der Waals surface area contributed by atoms with Gasteiger partial charge in [0.05, 0.1) is 12.8 Å². The van der Waals surface area contributed by atoms with Crippen molar-refractivity contribution in [1.29, 1.82) is 0 Å². The number of ether oxygens (including phenoxy) is 4. The molecule has 0 aliphatic rings. The zero-order valence-electron chi connectivity index (χ0n) is 14.1. The van der Waals surface area contributed by atoms with Gasteiger partial charge in [0.25, 0.3) is 0 Å². The van der Waals surface area contributed by atoms with Crippen molar-refractivity contribution in [3.63, 3.8) is 0 Å². The molecule has 10 nitrogen and oxygen atoms in total. The van der Waals surface area contributed by atoms with E-state index < -0.39 is 49.3 Å². The van der Waals surface area contributed by atoms with Gasteiger partial charge in [-0.3, -0.25) is 9.59 Å². The Morgan fingerprint density at radius 2 is 1.00 bits per heavy atom. The molecule has 0 amide bonds. The second-order valence-corrected chi connectivity index (χ2v) is 4.84. The van der Waals surface area contributed by atoms with Crippen LogP contribution in [0.3, 0.4) is 0 Å². The fraction of sp³-hybridized carbons (Fsp3) is 0.500. The topological polar surface area (TPSA) is 146 Å². The molecule has 0 saturated carbocycles.